The Bertz CT molecular complexity index is 927. The molecule has 0 atom stereocenters. The van der Waals surface area contributed by atoms with Crippen molar-refractivity contribution in [3.8, 4) is 0 Å². The largest absolute Gasteiger partial charge is 0.318 e. The molecule has 0 bridgehead atoms. The van der Waals surface area contributed by atoms with Crippen LogP contribution < -0.4 is 0 Å². The van der Waals surface area contributed by atoms with Gasteiger partial charge in [-0.3, -0.25) is 0 Å². The fourth-order valence-corrected chi connectivity index (χ4v) is 3.71. The summed E-state index contributed by atoms with van der Waals surface area (Å²) in [4.78, 5) is 13.0. The molecule has 0 saturated heterocycles. The molecular weight excluding hydrogens is 302 g/mol. The topological polar surface area (TPSA) is 56.5 Å². The molecule has 0 aliphatic rings. The summed E-state index contributed by atoms with van der Waals surface area (Å²) in [7, 11) is 1.94. The van der Waals surface area contributed by atoms with Crippen LogP contribution in [0, 0.1) is 0 Å². The summed E-state index contributed by atoms with van der Waals surface area (Å²) in [6.07, 6.45) is 3.37. The molecule has 7 heteroatoms. The van der Waals surface area contributed by atoms with Crippen molar-refractivity contribution in [3.05, 3.63) is 41.8 Å². The molecule has 0 aliphatic carbocycles. The first-order valence-corrected chi connectivity index (χ1v) is 8.21. The second-order valence-electron chi connectivity index (χ2n) is 4.70. The van der Waals surface area contributed by atoms with Crippen LogP contribution in [0.15, 0.2) is 41.3 Å². The van der Waals surface area contributed by atoms with E-state index in [4.69, 9.17) is 0 Å². The molecule has 104 valence electrons. The second-order valence-corrected chi connectivity index (χ2v) is 6.30. The third-order valence-corrected chi connectivity index (χ3v) is 4.97. The molecule has 21 heavy (non-hydrogen) atoms. The van der Waals surface area contributed by atoms with Gasteiger partial charge in [0.2, 0.25) is 0 Å². The lowest BCUT2D eigenvalue weighted by molar-refractivity contribution is 0.925. The number of rotatable bonds is 3. The lowest BCUT2D eigenvalue weighted by Gasteiger charge is -2.02. The van der Waals surface area contributed by atoms with Crippen molar-refractivity contribution in [2.75, 3.05) is 0 Å². The predicted molar refractivity (Wildman–Crippen MR) is 85.5 cm³/mol. The van der Waals surface area contributed by atoms with Crippen LogP contribution in [0.4, 0.5) is 0 Å². The van der Waals surface area contributed by atoms with Gasteiger partial charge in [0, 0.05) is 23.6 Å². The van der Waals surface area contributed by atoms with Crippen LogP contribution in [0.5, 0.6) is 0 Å². The number of hydrogen-bond acceptors (Lipinski definition) is 6. The highest BCUT2D eigenvalue weighted by molar-refractivity contribution is 7.98. The van der Waals surface area contributed by atoms with Crippen LogP contribution in [-0.4, -0.2) is 23.9 Å². The summed E-state index contributed by atoms with van der Waals surface area (Å²) in [5.74, 6) is 0.856. The zero-order chi connectivity index (χ0) is 14.2. The van der Waals surface area contributed by atoms with Crippen LogP contribution in [-0.2, 0) is 12.8 Å². The number of aryl methyl sites for hydroxylation is 1. The first kappa shape index (κ1) is 12.7. The predicted octanol–water partition coefficient (Wildman–Crippen LogP) is 3.27. The third kappa shape index (κ3) is 2.28. The number of benzene rings is 1. The fourth-order valence-electron chi connectivity index (χ4n) is 2.19. The maximum Gasteiger partial charge on any atom is 0.164 e. The van der Waals surface area contributed by atoms with E-state index in [1.165, 1.54) is 22.5 Å². The Balaban J connectivity index is 1.62. The van der Waals surface area contributed by atoms with E-state index in [1.807, 2.05) is 11.6 Å². The lowest BCUT2D eigenvalue weighted by atomic mass is 10.2. The van der Waals surface area contributed by atoms with Crippen molar-refractivity contribution in [3.63, 3.8) is 0 Å². The number of nitrogens with zero attached hydrogens (tertiary/aromatic N) is 5. The molecule has 5 nitrogen and oxygen atoms in total. The van der Waals surface area contributed by atoms with E-state index in [0.717, 1.165) is 27.5 Å². The summed E-state index contributed by atoms with van der Waals surface area (Å²) in [5, 5.41) is 4.19. The molecule has 0 saturated carbocycles. The van der Waals surface area contributed by atoms with Gasteiger partial charge in [-0.25, -0.2) is 15.0 Å². The zero-order valence-electron chi connectivity index (χ0n) is 11.2. The van der Waals surface area contributed by atoms with Crippen LogP contribution in [0.2, 0.25) is 0 Å². The standard InChI is InChI=1S/C14H11N5S2/c1-19-8-17-12-13(19)15-7-16-14(12)20-5-9-2-3-11-10(4-9)6-21-18-11/h2-4,6-8H,5H2,1H3. The van der Waals surface area contributed by atoms with Crippen LogP contribution in [0.3, 0.4) is 0 Å². The highest BCUT2D eigenvalue weighted by Gasteiger charge is 2.09. The molecule has 4 aromatic rings. The van der Waals surface area contributed by atoms with Crippen molar-refractivity contribution in [1.82, 2.24) is 23.9 Å². The average molecular weight is 313 g/mol. The van der Waals surface area contributed by atoms with Gasteiger partial charge in [-0.05, 0) is 29.2 Å². The minimum absolute atomic E-state index is 0.856. The minimum atomic E-state index is 0.856. The maximum atomic E-state index is 4.38. The summed E-state index contributed by atoms with van der Waals surface area (Å²) < 4.78 is 6.23. The van der Waals surface area contributed by atoms with E-state index in [0.29, 0.717) is 0 Å². The van der Waals surface area contributed by atoms with Crippen molar-refractivity contribution < 1.29 is 0 Å². The van der Waals surface area contributed by atoms with Crippen LogP contribution in [0.1, 0.15) is 5.56 Å². The van der Waals surface area contributed by atoms with E-state index in [9.17, 15) is 0 Å². The van der Waals surface area contributed by atoms with Crippen molar-refractivity contribution in [2.24, 2.45) is 7.05 Å². The van der Waals surface area contributed by atoms with E-state index < -0.39 is 0 Å². The van der Waals surface area contributed by atoms with Crippen molar-refractivity contribution >= 4 is 45.4 Å². The number of imidazole rings is 1. The Kier molecular flexibility index (Phi) is 3.08. The van der Waals surface area contributed by atoms with Crippen molar-refractivity contribution in [2.45, 2.75) is 10.8 Å². The van der Waals surface area contributed by atoms with Gasteiger partial charge >= 0.3 is 0 Å². The van der Waals surface area contributed by atoms with E-state index in [2.05, 4.69) is 42.9 Å². The molecule has 4 rings (SSSR count). The number of aromatic nitrogens is 5. The first-order chi connectivity index (χ1) is 10.3. The quantitative estimate of drug-likeness (QED) is 0.429. The van der Waals surface area contributed by atoms with Gasteiger partial charge in [-0.1, -0.05) is 17.8 Å². The molecule has 1 aromatic carbocycles. The van der Waals surface area contributed by atoms with Crippen LogP contribution >= 0.6 is 23.3 Å². The summed E-state index contributed by atoms with van der Waals surface area (Å²) in [6.45, 7) is 0. The Morgan fingerprint density at radius 2 is 2.19 bits per heavy atom. The van der Waals surface area contributed by atoms with Crippen LogP contribution in [0.25, 0.3) is 22.1 Å². The van der Waals surface area contributed by atoms with Gasteiger partial charge in [-0.15, -0.1) is 0 Å². The monoisotopic (exact) mass is 313 g/mol. The van der Waals surface area contributed by atoms with Crippen molar-refractivity contribution in [1.29, 1.82) is 0 Å². The highest BCUT2D eigenvalue weighted by Crippen LogP contribution is 2.27. The molecule has 0 unspecified atom stereocenters. The molecule has 0 radical (unpaired) electrons. The Hall–Kier alpha value is -1.99. The molecule has 0 N–H and O–H groups in total. The Labute approximate surface area is 129 Å². The van der Waals surface area contributed by atoms with Gasteiger partial charge in [0.1, 0.15) is 16.9 Å². The summed E-state index contributed by atoms with van der Waals surface area (Å²) >= 11 is 3.17. The van der Waals surface area contributed by atoms with Gasteiger partial charge in [0.05, 0.1) is 11.8 Å². The second kappa shape index (κ2) is 5.09. The molecule has 0 aliphatic heterocycles. The van der Waals surface area contributed by atoms with E-state index in [-0.39, 0.29) is 0 Å². The molecule has 3 aromatic heterocycles. The van der Waals surface area contributed by atoms with E-state index >= 15 is 0 Å². The van der Waals surface area contributed by atoms with Gasteiger partial charge in [0.15, 0.2) is 5.65 Å². The van der Waals surface area contributed by atoms with Gasteiger partial charge in [-0.2, -0.15) is 4.37 Å². The number of hydrogen-bond donors (Lipinski definition) is 0. The molecule has 0 spiro atoms. The normalized spacial score (nSPS) is 11.5. The zero-order valence-corrected chi connectivity index (χ0v) is 12.9. The maximum absolute atomic E-state index is 4.38. The Morgan fingerprint density at radius 1 is 1.24 bits per heavy atom. The highest BCUT2D eigenvalue weighted by atomic mass is 32.2. The van der Waals surface area contributed by atoms with Gasteiger partial charge in [0.25, 0.3) is 0 Å². The molecule has 0 amide bonds. The molecule has 3 heterocycles. The van der Waals surface area contributed by atoms with Gasteiger partial charge < -0.3 is 4.57 Å². The number of thioether (sulfide) groups is 1. The average Bonchev–Trinajstić information content (AvgIpc) is 3.12. The first-order valence-electron chi connectivity index (χ1n) is 6.39. The third-order valence-electron chi connectivity index (χ3n) is 3.26. The number of fused-ring (bicyclic) bond motifs is 2. The van der Waals surface area contributed by atoms with E-state index in [1.54, 1.807) is 24.4 Å². The summed E-state index contributed by atoms with van der Waals surface area (Å²) in [6, 6.07) is 6.37. The lowest BCUT2D eigenvalue weighted by Crippen LogP contribution is -1.91. The fraction of sp³-hybridized carbons (Fsp3) is 0.143. The molecular formula is C14H11N5S2. The Morgan fingerprint density at radius 3 is 3.14 bits per heavy atom. The SMILES string of the molecule is Cn1cnc2c(SCc3ccc4nscc4c3)ncnc21. The summed E-state index contributed by atoms with van der Waals surface area (Å²) in [5.41, 5.74) is 4.05. The minimum Gasteiger partial charge on any atom is -0.318 e. The smallest absolute Gasteiger partial charge is 0.164 e. The molecule has 0 fully saturated rings.